The number of pyridine rings is 1. The number of nitrogens with zero attached hydrogens (tertiary/aromatic N) is 1. The number of rotatable bonds is 4. The summed E-state index contributed by atoms with van der Waals surface area (Å²) in [7, 11) is 1.57. The van der Waals surface area contributed by atoms with Crippen LogP contribution in [0.3, 0.4) is 0 Å². The predicted molar refractivity (Wildman–Crippen MR) is 53.0 cm³/mol. The van der Waals surface area contributed by atoms with Gasteiger partial charge in [0.1, 0.15) is 5.69 Å². The first-order chi connectivity index (χ1) is 6.51. The molecule has 0 fully saturated rings. The minimum atomic E-state index is -3.48. The molecule has 0 spiro atoms. The van der Waals surface area contributed by atoms with Gasteiger partial charge < -0.3 is 0 Å². The summed E-state index contributed by atoms with van der Waals surface area (Å²) in [5.41, 5.74) is 1.01. The minimum Gasteiger partial charge on any atom is -0.296 e. The summed E-state index contributed by atoms with van der Waals surface area (Å²) in [6.07, 6.45) is 2.35. The monoisotopic (exact) mass is 233 g/mol. The van der Waals surface area contributed by atoms with Gasteiger partial charge in [-0.3, -0.25) is 9.78 Å². The zero-order valence-corrected chi connectivity index (χ0v) is 8.75. The molecule has 1 rings (SSSR count). The predicted octanol–water partition coefficient (Wildman–Crippen LogP) is 1.01. The number of carbonyl (C=O) groups is 1. The Morgan fingerprint density at radius 1 is 1.50 bits per heavy atom. The van der Waals surface area contributed by atoms with Crippen molar-refractivity contribution in [3.63, 3.8) is 0 Å². The number of aromatic nitrogens is 1. The van der Waals surface area contributed by atoms with E-state index < -0.39 is 9.05 Å². The van der Waals surface area contributed by atoms with Crippen molar-refractivity contribution in [2.24, 2.45) is 0 Å². The van der Waals surface area contributed by atoms with Crippen LogP contribution in [0.4, 0.5) is 0 Å². The highest BCUT2D eigenvalue weighted by molar-refractivity contribution is 8.13. The summed E-state index contributed by atoms with van der Waals surface area (Å²) < 4.78 is 21.3. The zero-order chi connectivity index (χ0) is 10.6. The average molecular weight is 234 g/mol. The van der Waals surface area contributed by atoms with Gasteiger partial charge in [0, 0.05) is 16.9 Å². The summed E-state index contributed by atoms with van der Waals surface area (Å²) in [4.78, 5) is 14.1. The van der Waals surface area contributed by atoms with Crippen molar-refractivity contribution in [2.45, 2.75) is 6.42 Å². The number of aryl methyl sites for hydroxylation is 1. The van der Waals surface area contributed by atoms with Gasteiger partial charge in [0.2, 0.25) is 9.05 Å². The number of hydrogen-bond acceptors (Lipinski definition) is 4. The van der Waals surface area contributed by atoms with Crippen molar-refractivity contribution in [3.8, 4) is 0 Å². The maximum Gasteiger partial charge on any atom is 0.232 e. The van der Waals surface area contributed by atoms with Crippen molar-refractivity contribution in [1.29, 1.82) is 0 Å². The van der Waals surface area contributed by atoms with Gasteiger partial charge in [-0.05, 0) is 24.1 Å². The highest BCUT2D eigenvalue weighted by atomic mass is 35.7. The van der Waals surface area contributed by atoms with E-state index >= 15 is 0 Å². The van der Waals surface area contributed by atoms with Crippen molar-refractivity contribution >= 4 is 26.0 Å². The lowest BCUT2D eigenvalue weighted by Gasteiger charge is -1.98. The summed E-state index contributed by atoms with van der Waals surface area (Å²) in [6, 6.07) is 3.18. The van der Waals surface area contributed by atoms with Crippen LogP contribution in [-0.4, -0.2) is 25.4 Å². The van der Waals surface area contributed by atoms with Crippen molar-refractivity contribution < 1.29 is 13.2 Å². The molecule has 0 aliphatic carbocycles. The third kappa shape index (κ3) is 3.85. The first kappa shape index (κ1) is 11.1. The molecule has 1 aromatic rings. The number of carbonyl (C=O) groups excluding carboxylic acids is 1. The lowest BCUT2D eigenvalue weighted by molar-refractivity contribution is 0.111. The Kier molecular flexibility index (Phi) is 3.60. The van der Waals surface area contributed by atoms with Gasteiger partial charge in [0.25, 0.3) is 0 Å². The van der Waals surface area contributed by atoms with Crippen LogP contribution in [0.15, 0.2) is 18.3 Å². The molecule has 1 aromatic heterocycles. The number of halogens is 1. The first-order valence-electron chi connectivity index (χ1n) is 3.84. The molecule has 1 heterocycles. The highest BCUT2D eigenvalue weighted by Crippen LogP contribution is 2.05. The van der Waals surface area contributed by atoms with Crippen molar-refractivity contribution in [3.05, 3.63) is 29.6 Å². The molecule has 0 aliphatic rings. The third-order valence-corrected chi connectivity index (χ3v) is 2.76. The second-order valence-corrected chi connectivity index (χ2v) is 5.60. The van der Waals surface area contributed by atoms with Crippen LogP contribution in [0, 0.1) is 0 Å². The van der Waals surface area contributed by atoms with E-state index in [4.69, 9.17) is 10.7 Å². The van der Waals surface area contributed by atoms with E-state index in [0.717, 1.165) is 5.56 Å². The summed E-state index contributed by atoms with van der Waals surface area (Å²) in [5.74, 6) is -0.142. The van der Waals surface area contributed by atoms with Crippen LogP contribution in [0.2, 0.25) is 0 Å². The van der Waals surface area contributed by atoms with Crippen molar-refractivity contribution in [1.82, 2.24) is 4.98 Å². The van der Waals surface area contributed by atoms with Crippen LogP contribution >= 0.6 is 10.7 Å². The van der Waals surface area contributed by atoms with E-state index in [1.165, 1.54) is 12.3 Å². The lowest BCUT2D eigenvalue weighted by Crippen LogP contribution is -2.01. The van der Waals surface area contributed by atoms with E-state index in [9.17, 15) is 13.2 Å². The van der Waals surface area contributed by atoms with Gasteiger partial charge in [-0.1, -0.05) is 0 Å². The van der Waals surface area contributed by atoms with E-state index in [2.05, 4.69) is 4.98 Å². The molecule has 14 heavy (non-hydrogen) atoms. The smallest absolute Gasteiger partial charge is 0.232 e. The Morgan fingerprint density at radius 3 is 2.79 bits per heavy atom. The van der Waals surface area contributed by atoms with Crippen molar-refractivity contribution in [2.75, 3.05) is 5.75 Å². The maximum atomic E-state index is 10.6. The van der Waals surface area contributed by atoms with Crippen LogP contribution < -0.4 is 0 Å². The standard InChI is InChI=1S/C8H8ClNO3S/c9-14(12,13)4-2-7-1-3-10-8(5-7)6-11/h1,3,5-6H,2,4H2. The van der Waals surface area contributed by atoms with Crippen LogP contribution in [0.5, 0.6) is 0 Å². The number of hydrogen-bond donors (Lipinski definition) is 0. The van der Waals surface area contributed by atoms with Gasteiger partial charge in [0.15, 0.2) is 6.29 Å². The molecule has 0 N–H and O–H groups in total. The van der Waals surface area contributed by atoms with Crippen LogP contribution in [0.1, 0.15) is 16.1 Å². The average Bonchev–Trinajstić information content (AvgIpc) is 2.14. The van der Waals surface area contributed by atoms with Gasteiger partial charge in [-0.25, -0.2) is 8.42 Å². The molecule has 0 saturated carbocycles. The summed E-state index contributed by atoms with van der Waals surface area (Å²) in [6.45, 7) is 0. The summed E-state index contributed by atoms with van der Waals surface area (Å²) >= 11 is 0. The fraction of sp³-hybridized carbons (Fsp3) is 0.250. The Hall–Kier alpha value is -0.940. The fourth-order valence-electron chi connectivity index (χ4n) is 0.954. The second-order valence-electron chi connectivity index (χ2n) is 2.70. The Balaban J connectivity index is 2.72. The van der Waals surface area contributed by atoms with Gasteiger partial charge >= 0.3 is 0 Å². The van der Waals surface area contributed by atoms with Gasteiger partial charge in [-0.15, -0.1) is 0 Å². The molecule has 0 aliphatic heterocycles. The number of aldehydes is 1. The third-order valence-electron chi connectivity index (χ3n) is 1.60. The molecule has 0 unspecified atom stereocenters. The van der Waals surface area contributed by atoms with E-state index in [0.29, 0.717) is 6.29 Å². The Morgan fingerprint density at radius 2 is 2.21 bits per heavy atom. The zero-order valence-electron chi connectivity index (χ0n) is 7.18. The van der Waals surface area contributed by atoms with Gasteiger partial charge in [0.05, 0.1) is 5.75 Å². The normalized spacial score (nSPS) is 11.2. The molecule has 4 nitrogen and oxygen atoms in total. The maximum absolute atomic E-state index is 10.6. The molecule has 0 aromatic carbocycles. The van der Waals surface area contributed by atoms with E-state index in [-0.39, 0.29) is 17.9 Å². The largest absolute Gasteiger partial charge is 0.296 e. The topological polar surface area (TPSA) is 64.1 Å². The molecule has 6 heteroatoms. The molecule has 0 amide bonds. The molecule has 0 bridgehead atoms. The fourth-order valence-corrected chi connectivity index (χ4v) is 1.67. The van der Waals surface area contributed by atoms with E-state index in [1.54, 1.807) is 6.07 Å². The lowest BCUT2D eigenvalue weighted by atomic mass is 10.2. The molecular formula is C8H8ClNO3S. The Labute approximate surface area is 86.3 Å². The molecule has 0 radical (unpaired) electrons. The molecule has 76 valence electrons. The quantitative estimate of drug-likeness (QED) is 0.575. The SMILES string of the molecule is O=Cc1cc(CCS(=O)(=O)Cl)ccn1. The summed E-state index contributed by atoms with van der Waals surface area (Å²) in [5, 5.41) is 0. The highest BCUT2D eigenvalue weighted by Gasteiger charge is 2.05. The van der Waals surface area contributed by atoms with Crippen LogP contribution in [-0.2, 0) is 15.5 Å². The first-order valence-corrected chi connectivity index (χ1v) is 6.31. The van der Waals surface area contributed by atoms with Crippen LogP contribution in [0.25, 0.3) is 0 Å². The van der Waals surface area contributed by atoms with E-state index in [1.807, 2.05) is 0 Å². The minimum absolute atomic E-state index is 0.142. The van der Waals surface area contributed by atoms with Gasteiger partial charge in [-0.2, -0.15) is 0 Å². The molecular weight excluding hydrogens is 226 g/mol. The molecule has 0 atom stereocenters. The molecule has 0 saturated heterocycles. The Bertz CT molecular complexity index is 430. The second kappa shape index (κ2) is 4.52.